The second kappa shape index (κ2) is 10.0. The van der Waals surface area contributed by atoms with Crippen LogP contribution in [0, 0.1) is 11.8 Å². The lowest BCUT2D eigenvalue weighted by atomic mass is 9.88. The van der Waals surface area contributed by atoms with Gasteiger partial charge >= 0.3 is 0 Å². The monoisotopic (exact) mass is 472 g/mol. The number of nitrogens with zero attached hydrogens (tertiary/aromatic N) is 8. The standard InChI is InChI=1S/C23H28N12/c1-14-18(20(28-30-22(24)25)34(32-14)16-9-5-3-6-10-16)13-19-15(2)33-35(17-11-7-4-8-12-17)21(19)29-31-23(26)27/h3-12,18-19H,13H2,1-2H3,(H4,24,25,30)(H4,26,27,31)/b28-20+,29-21+. The summed E-state index contributed by atoms with van der Waals surface area (Å²) < 4.78 is 0. The molecule has 2 unspecified atom stereocenters. The van der Waals surface area contributed by atoms with Crippen molar-refractivity contribution in [1.29, 1.82) is 0 Å². The Morgan fingerprint density at radius 2 is 1.06 bits per heavy atom. The summed E-state index contributed by atoms with van der Waals surface area (Å²) in [5.74, 6) is 0.473. The van der Waals surface area contributed by atoms with Gasteiger partial charge in [-0.1, -0.05) is 36.4 Å². The van der Waals surface area contributed by atoms with Crippen molar-refractivity contribution in [2.45, 2.75) is 20.3 Å². The van der Waals surface area contributed by atoms with Gasteiger partial charge in [0.1, 0.15) is 0 Å². The summed E-state index contributed by atoms with van der Waals surface area (Å²) in [7, 11) is 0. The number of hydrogen-bond donors (Lipinski definition) is 4. The topological polar surface area (TPSA) is 185 Å². The highest BCUT2D eigenvalue weighted by atomic mass is 15.5. The van der Waals surface area contributed by atoms with Crippen LogP contribution < -0.4 is 33.0 Å². The van der Waals surface area contributed by atoms with Gasteiger partial charge < -0.3 is 22.9 Å². The first-order chi connectivity index (χ1) is 16.8. The van der Waals surface area contributed by atoms with Crippen molar-refractivity contribution in [2.24, 2.45) is 65.4 Å². The van der Waals surface area contributed by atoms with Crippen molar-refractivity contribution in [3.8, 4) is 0 Å². The number of hydrazone groups is 2. The number of benzene rings is 2. The molecule has 2 aromatic rings. The van der Waals surface area contributed by atoms with Gasteiger partial charge in [-0.2, -0.15) is 10.2 Å². The minimum Gasteiger partial charge on any atom is -0.369 e. The molecular formula is C23H28N12. The quantitative estimate of drug-likeness (QED) is 0.281. The summed E-state index contributed by atoms with van der Waals surface area (Å²) in [5.41, 5.74) is 25.7. The van der Waals surface area contributed by atoms with Crippen LogP contribution in [0.3, 0.4) is 0 Å². The minimum absolute atomic E-state index is 0.141. The molecule has 0 aromatic heterocycles. The van der Waals surface area contributed by atoms with Crippen molar-refractivity contribution in [2.75, 3.05) is 10.0 Å². The Kier molecular flexibility index (Phi) is 6.71. The Morgan fingerprint density at radius 3 is 1.40 bits per heavy atom. The van der Waals surface area contributed by atoms with Crippen LogP contribution in [0.2, 0.25) is 0 Å². The largest absolute Gasteiger partial charge is 0.369 e. The smallest absolute Gasteiger partial charge is 0.211 e. The number of amidine groups is 2. The highest BCUT2D eigenvalue weighted by molar-refractivity contribution is 6.21. The molecule has 0 bridgehead atoms. The summed E-state index contributed by atoms with van der Waals surface area (Å²) in [4.78, 5) is 0. The van der Waals surface area contributed by atoms with Gasteiger partial charge in [-0.05, 0) is 44.5 Å². The van der Waals surface area contributed by atoms with Crippen molar-refractivity contribution in [3.63, 3.8) is 0 Å². The van der Waals surface area contributed by atoms with Crippen LogP contribution in [0.1, 0.15) is 20.3 Å². The van der Waals surface area contributed by atoms with E-state index >= 15 is 0 Å². The van der Waals surface area contributed by atoms with Crippen LogP contribution in [0.4, 0.5) is 11.4 Å². The molecule has 2 aliphatic heterocycles. The molecule has 2 heterocycles. The molecule has 8 N–H and O–H groups in total. The van der Waals surface area contributed by atoms with Crippen LogP contribution >= 0.6 is 0 Å². The summed E-state index contributed by atoms with van der Waals surface area (Å²) in [6.07, 6.45) is 0.551. The number of nitrogens with two attached hydrogens (primary N) is 4. The molecule has 2 aromatic carbocycles. The predicted molar refractivity (Wildman–Crippen MR) is 142 cm³/mol. The normalized spacial score (nSPS) is 21.8. The van der Waals surface area contributed by atoms with E-state index in [4.69, 9.17) is 33.1 Å². The van der Waals surface area contributed by atoms with E-state index < -0.39 is 0 Å². The summed E-state index contributed by atoms with van der Waals surface area (Å²) in [6.45, 7) is 3.89. The number of para-hydroxylation sites is 2. The zero-order valence-corrected chi connectivity index (χ0v) is 19.5. The third-order valence-corrected chi connectivity index (χ3v) is 5.59. The van der Waals surface area contributed by atoms with Gasteiger partial charge in [-0.15, -0.1) is 20.4 Å². The fourth-order valence-electron chi connectivity index (χ4n) is 3.97. The second-order valence-electron chi connectivity index (χ2n) is 8.08. The average molecular weight is 473 g/mol. The van der Waals surface area contributed by atoms with Crippen LogP contribution in [0.15, 0.2) is 91.3 Å². The predicted octanol–water partition coefficient (Wildman–Crippen LogP) is 1.57. The van der Waals surface area contributed by atoms with Crippen molar-refractivity contribution >= 4 is 46.4 Å². The molecule has 180 valence electrons. The van der Waals surface area contributed by atoms with Gasteiger partial charge in [0.15, 0.2) is 11.7 Å². The zero-order valence-electron chi connectivity index (χ0n) is 19.5. The molecule has 4 rings (SSSR count). The maximum absolute atomic E-state index is 5.57. The number of anilines is 2. The average Bonchev–Trinajstić information content (AvgIpc) is 3.33. The molecule has 0 fully saturated rings. The van der Waals surface area contributed by atoms with Gasteiger partial charge in [0.2, 0.25) is 11.9 Å². The molecule has 35 heavy (non-hydrogen) atoms. The maximum atomic E-state index is 5.57. The summed E-state index contributed by atoms with van der Waals surface area (Å²) in [5, 5.41) is 29.6. The van der Waals surface area contributed by atoms with Gasteiger partial charge in [-0.3, -0.25) is 0 Å². The van der Waals surface area contributed by atoms with E-state index in [0.717, 1.165) is 22.8 Å². The minimum atomic E-state index is -0.214. The summed E-state index contributed by atoms with van der Waals surface area (Å²) >= 11 is 0. The lowest BCUT2D eigenvalue weighted by Crippen LogP contribution is -2.34. The zero-order chi connectivity index (χ0) is 24.9. The number of rotatable bonds is 6. The third kappa shape index (κ3) is 5.11. The Hall–Kier alpha value is -4.74. The summed E-state index contributed by atoms with van der Waals surface area (Å²) in [6, 6.07) is 19.3. The SMILES string of the molecule is CC1=NN(c2ccccc2)/C(=N/N=C(N)N)C1CC1C(C)=NN(c2ccccc2)/C1=N/N=C(N)N. The van der Waals surface area contributed by atoms with E-state index in [0.29, 0.717) is 18.1 Å². The van der Waals surface area contributed by atoms with Crippen LogP contribution in [0.25, 0.3) is 0 Å². The van der Waals surface area contributed by atoms with E-state index in [9.17, 15) is 0 Å². The van der Waals surface area contributed by atoms with Crippen molar-refractivity contribution in [3.05, 3.63) is 60.7 Å². The van der Waals surface area contributed by atoms with Gasteiger partial charge in [0.25, 0.3) is 0 Å². The molecule has 2 aliphatic rings. The van der Waals surface area contributed by atoms with E-state index in [2.05, 4.69) is 20.4 Å². The molecule has 12 nitrogen and oxygen atoms in total. The highest BCUT2D eigenvalue weighted by Gasteiger charge is 2.40. The van der Waals surface area contributed by atoms with E-state index in [1.165, 1.54) is 0 Å². The maximum Gasteiger partial charge on any atom is 0.211 e. The molecule has 0 saturated heterocycles. The fourth-order valence-corrected chi connectivity index (χ4v) is 3.97. The lowest BCUT2D eigenvalue weighted by Gasteiger charge is -2.22. The van der Waals surface area contributed by atoms with Crippen LogP contribution in [-0.2, 0) is 0 Å². The molecule has 12 heteroatoms. The van der Waals surface area contributed by atoms with E-state index in [1.807, 2.05) is 74.5 Å². The molecule has 0 amide bonds. The molecular weight excluding hydrogens is 444 g/mol. The lowest BCUT2D eigenvalue weighted by molar-refractivity contribution is 0.728. The second-order valence-corrected chi connectivity index (χ2v) is 8.08. The van der Waals surface area contributed by atoms with Crippen molar-refractivity contribution < 1.29 is 0 Å². The fraction of sp³-hybridized carbons (Fsp3) is 0.217. The molecule has 0 radical (unpaired) electrons. The third-order valence-electron chi connectivity index (χ3n) is 5.59. The Balaban J connectivity index is 1.72. The van der Waals surface area contributed by atoms with E-state index in [1.54, 1.807) is 10.0 Å². The number of guanidine groups is 2. The number of hydrogen-bond acceptors (Lipinski definition) is 6. The molecule has 0 spiro atoms. The molecule has 0 aliphatic carbocycles. The highest BCUT2D eigenvalue weighted by Crippen LogP contribution is 2.33. The van der Waals surface area contributed by atoms with E-state index in [-0.39, 0.29) is 23.8 Å². The first-order valence-corrected chi connectivity index (χ1v) is 11.0. The van der Waals surface area contributed by atoms with Crippen LogP contribution in [-0.4, -0.2) is 35.0 Å². The molecule has 0 saturated carbocycles. The van der Waals surface area contributed by atoms with Gasteiger partial charge in [-0.25, -0.2) is 10.0 Å². The van der Waals surface area contributed by atoms with Crippen LogP contribution in [0.5, 0.6) is 0 Å². The first-order valence-electron chi connectivity index (χ1n) is 11.0. The Labute approximate surface area is 203 Å². The Bertz CT molecular complexity index is 1140. The Morgan fingerprint density at radius 1 is 0.686 bits per heavy atom. The van der Waals surface area contributed by atoms with Crippen molar-refractivity contribution in [1.82, 2.24) is 0 Å². The van der Waals surface area contributed by atoms with Gasteiger partial charge in [0, 0.05) is 11.4 Å². The first kappa shape index (κ1) is 23.4. The van der Waals surface area contributed by atoms with Gasteiger partial charge in [0.05, 0.1) is 23.2 Å². The molecule has 2 atom stereocenters.